The highest BCUT2D eigenvalue weighted by Crippen LogP contribution is 2.38. The van der Waals surface area contributed by atoms with Crippen LogP contribution in [-0.2, 0) is 11.3 Å². The average molecular weight is 398 g/mol. The number of hydrogen-bond acceptors (Lipinski definition) is 4. The number of carbonyl (C=O) groups is 1. The molecule has 29 heavy (non-hydrogen) atoms. The third kappa shape index (κ3) is 5.13. The van der Waals surface area contributed by atoms with Crippen LogP contribution in [0.1, 0.15) is 38.2 Å². The maximum absolute atomic E-state index is 12.8. The molecule has 1 fully saturated rings. The van der Waals surface area contributed by atoms with Gasteiger partial charge in [-0.25, -0.2) is 9.98 Å². The van der Waals surface area contributed by atoms with Crippen molar-refractivity contribution in [1.82, 2.24) is 30.7 Å². The minimum atomic E-state index is -0.327. The quantitative estimate of drug-likeness (QED) is 0.491. The zero-order valence-corrected chi connectivity index (χ0v) is 17.5. The molecule has 0 aliphatic heterocycles. The Balaban J connectivity index is 1.69. The molecule has 156 valence electrons. The number of amides is 1. The van der Waals surface area contributed by atoms with E-state index in [1.54, 1.807) is 4.90 Å². The van der Waals surface area contributed by atoms with Crippen molar-refractivity contribution in [3.05, 3.63) is 36.2 Å². The third-order valence-electron chi connectivity index (χ3n) is 5.39. The van der Waals surface area contributed by atoms with E-state index in [0.717, 1.165) is 55.1 Å². The Morgan fingerprint density at radius 1 is 1.28 bits per heavy atom. The molecule has 1 amide bonds. The molecular weight excluding hydrogens is 366 g/mol. The molecule has 0 spiro atoms. The van der Waals surface area contributed by atoms with Gasteiger partial charge in [-0.2, -0.15) is 5.10 Å². The first-order valence-electron chi connectivity index (χ1n) is 10.2. The Morgan fingerprint density at radius 2 is 2.07 bits per heavy atom. The predicted octanol–water partition coefficient (Wildman–Crippen LogP) is 2.18. The van der Waals surface area contributed by atoms with Crippen LogP contribution in [0.4, 0.5) is 0 Å². The van der Waals surface area contributed by atoms with Gasteiger partial charge in [-0.3, -0.25) is 9.89 Å². The Kier molecular flexibility index (Phi) is 6.85. The lowest BCUT2D eigenvalue weighted by Crippen LogP contribution is -2.49. The first kappa shape index (κ1) is 20.8. The molecule has 1 aliphatic carbocycles. The smallest absolute Gasteiger partial charge is 0.230 e. The summed E-state index contributed by atoms with van der Waals surface area (Å²) in [5.74, 6) is 1.68. The lowest BCUT2D eigenvalue weighted by molar-refractivity contribution is -0.138. The number of guanidine groups is 1. The standard InChI is InChI=1S/C21H31N7O/c1-4-22-20(24-14-21(10-5-6-11-21)19(29)28(2)3)23-13-16-8-7-9-17(12-16)18-25-15-26-27-18/h7-9,12,15H,4-6,10-11,13-14H2,1-3H3,(H2,22,23,24)(H,25,26,27). The summed E-state index contributed by atoms with van der Waals surface area (Å²) in [6, 6.07) is 8.09. The second-order valence-electron chi connectivity index (χ2n) is 7.77. The fourth-order valence-corrected chi connectivity index (χ4v) is 3.92. The molecule has 1 aromatic carbocycles. The number of hydrogen-bond donors (Lipinski definition) is 3. The third-order valence-corrected chi connectivity index (χ3v) is 5.39. The van der Waals surface area contributed by atoms with Gasteiger partial charge in [-0.05, 0) is 31.4 Å². The van der Waals surface area contributed by atoms with Crippen LogP contribution in [0.25, 0.3) is 11.4 Å². The van der Waals surface area contributed by atoms with Crippen molar-refractivity contribution in [1.29, 1.82) is 0 Å². The Bertz CT molecular complexity index is 823. The molecule has 8 nitrogen and oxygen atoms in total. The van der Waals surface area contributed by atoms with E-state index in [4.69, 9.17) is 4.99 Å². The normalized spacial score (nSPS) is 15.9. The summed E-state index contributed by atoms with van der Waals surface area (Å²) in [5.41, 5.74) is 1.73. The Morgan fingerprint density at radius 3 is 2.72 bits per heavy atom. The zero-order valence-electron chi connectivity index (χ0n) is 17.5. The molecule has 3 N–H and O–H groups in total. The first-order chi connectivity index (χ1) is 14.0. The molecule has 1 aliphatic rings. The van der Waals surface area contributed by atoms with E-state index in [0.29, 0.717) is 13.1 Å². The average Bonchev–Trinajstić information content (AvgIpc) is 3.42. The van der Waals surface area contributed by atoms with Crippen molar-refractivity contribution in [2.75, 3.05) is 27.2 Å². The zero-order chi connectivity index (χ0) is 20.7. The van der Waals surface area contributed by atoms with E-state index < -0.39 is 0 Å². The first-order valence-corrected chi connectivity index (χ1v) is 10.2. The van der Waals surface area contributed by atoms with Crippen molar-refractivity contribution in [3.8, 4) is 11.4 Å². The van der Waals surface area contributed by atoms with Crippen molar-refractivity contribution >= 4 is 11.9 Å². The van der Waals surface area contributed by atoms with Crippen molar-refractivity contribution in [3.63, 3.8) is 0 Å². The molecule has 1 aromatic heterocycles. The minimum Gasteiger partial charge on any atom is -0.357 e. The molecule has 0 radical (unpaired) electrons. The summed E-state index contributed by atoms with van der Waals surface area (Å²) in [4.78, 5) is 23.4. The summed E-state index contributed by atoms with van der Waals surface area (Å²) >= 11 is 0. The monoisotopic (exact) mass is 397 g/mol. The number of nitrogens with one attached hydrogen (secondary N) is 3. The summed E-state index contributed by atoms with van der Waals surface area (Å²) in [6.07, 6.45) is 5.55. The number of aromatic amines is 1. The van der Waals surface area contributed by atoms with E-state index >= 15 is 0 Å². The molecule has 3 rings (SSSR count). The van der Waals surface area contributed by atoms with Gasteiger partial charge in [0, 0.05) is 32.7 Å². The molecule has 1 saturated carbocycles. The highest BCUT2D eigenvalue weighted by Gasteiger charge is 2.42. The molecular formula is C21H31N7O. The number of nitrogens with zero attached hydrogens (tertiary/aromatic N) is 4. The fraction of sp³-hybridized carbons (Fsp3) is 0.524. The predicted molar refractivity (Wildman–Crippen MR) is 114 cm³/mol. The summed E-state index contributed by atoms with van der Waals surface area (Å²) < 4.78 is 0. The van der Waals surface area contributed by atoms with Crippen LogP contribution in [-0.4, -0.2) is 59.1 Å². The van der Waals surface area contributed by atoms with Crippen LogP contribution >= 0.6 is 0 Å². The Labute approximate surface area is 172 Å². The van der Waals surface area contributed by atoms with Gasteiger partial charge in [0.1, 0.15) is 6.33 Å². The van der Waals surface area contributed by atoms with Gasteiger partial charge in [0.2, 0.25) is 5.91 Å². The minimum absolute atomic E-state index is 0.207. The number of aliphatic imine (C=N–C) groups is 1. The van der Waals surface area contributed by atoms with E-state index in [1.165, 1.54) is 6.33 Å². The van der Waals surface area contributed by atoms with Crippen molar-refractivity contribution in [2.45, 2.75) is 39.2 Å². The second-order valence-corrected chi connectivity index (χ2v) is 7.77. The lowest BCUT2D eigenvalue weighted by atomic mass is 9.84. The van der Waals surface area contributed by atoms with E-state index in [2.05, 4.69) is 31.9 Å². The number of carbonyl (C=O) groups excluding carboxylic acids is 1. The fourth-order valence-electron chi connectivity index (χ4n) is 3.92. The van der Waals surface area contributed by atoms with Crippen LogP contribution in [0, 0.1) is 5.41 Å². The summed E-state index contributed by atoms with van der Waals surface area (Å²) in [5, 5.41) is 13.5. The molecule has 1 heterocycles. The van der Waals surface area contributed by atoms with Crippen molar-refractivity contribution < 1.29 is 4.79 Å². The van der Waals surface area contributed by atoms with Gasteiger partial charge in [0.15, 0.2) is 11.8 Å². The highest BCUT2D eigenvalue weighted by atomic mass is 16.2. The summed E-state index contributed by atoms with van der Waals surface area (Å²) in [6.45, 7) is 3.94. The molecule has 0 bridgehead atoms. The number of aromatic nitrogens is 3. The largest absolute Gasteiger partial charge is 0.357 e. The number of benzene rings is 1. The van der Waals surface area contributed by atoms with Gasteiger partial charge in [-0.1, -0.05) is 31.0 Å². The maximum Gasteiger partial charge on any atom is 0.230 e. The lowest BCUT2D eigenvalue weighted by Gasteiger charge is -2.31. The van der Waals surface area contributed by atoms with E-state index in [-0.39, 0.29) is 11.3 Å². The molecule has 8 heteroatoms. The topological polar surface area (TPSA) is 98.3 Å². The van der Waals surface area contributed by atoms with Crippen molar-refractivity contribution in [2.24, 2.45) is 10.4 Å². The van der Waals surface area contributed by atoms with Gasteiger partial charge in [0.25, 0.3) is 0 Å². The van der Waals surface area contributed by atoms with Crippen LogP contribution in [0.5, 0.6) is 0 Å². The van der Waals surface area contributed by atoms with Gasteiger partial charge in [0.05, 0.1) is 12.0 Å². The number of H-pyrrole nitrogens is 1. The number of rotatable bonds is 7. The maximum atomic E-state index is 12.8. The second kappa shape index (κ2) is 9.54. The molecule has 2 aromatic rings. The molecule has 0 atom stereocenters. The van der Waals surface area contributed by atoms with Crippen LogP contribution in [0.15, 0.2) is 35.6 Å². The van der Waals surface area contributed by atoms with Crippen LogP contribution < -0.4 is 10.6 Å². The van der Waals surface area contributed by atoms with Crippen LogP contribution in [0.2, 0.25) is 0 Å². The van der Waals surface area contributed by atoms with Crippen LogP contribution in [0.3, 0.4) is 0 Å². The highest BCUT2D eigenvalue weighted by molar-refractivity contribution is 5.85. The van der Waals surface area contributed by atoms with Gasteiger partial charge >= 0.3 is 0 Å². The van der Waals surface area contributed by atoms with Gasteiger partial charge < -0.3 is 15.5 Å². The van der Waals surface area contributed by atoms with E-state index in [1.807, 2.05) is 39.2 Å². The van der Waals surface area contributed by atoms with Gasteiger partial charge in [-0.15, -0.1) is 0 Å². The van der Waals surface area contributed by atoms with E-state index in [9.17, 15) is 4.79 Å². The molecule has 0 saturated heterocycles. The molecule has 0 unspecified atom stereocenters. The Hall–Kier alpha value is -2.90. The summed E-state index contributed by atoms with van der Waals surface area (Å²) in [7, 11) is 3.67. The SMILES string of the molecule is CCNC(=NCc1cccc(-c2ncn[nH]2)c1)NCC1(C(=O)N(C)C)CCCC1.